The number of carbonyl (C=O) groups is 1. The zero-order valence-corrected chi connectivity index (χ0v) is 17.8. The van der Waals surface area contributed by atoms with Crippen LogP contribution in [0.2, 0.25) is 0 Å². The molecule has 162 valence electrons. The molecular formula is C23H20FN5O2S. The number of nitrogen functional groups attached to an aromatic ring is 1. The van der Waals surface area contributed by atoms with Crippen LogP contribution in [0.3, 0.4) is 0 Å². The van der Waals surface area contributed by atoms with Crippen LogP contribution in [0.25, 0.3) is 11.4 Å². The van der Waals surface area contributed by atoms with Gasteiger partial charge in [-0.25, -0.2) is 9.07 Å². The van der Waals surface area contributed by atoms with Gasteiger partial charge in [0.1, 0.15) is 18.2 Å². The number of thioether (sulfide) groups is 1. The molecular weight excluding hydrogens is 429 g/mol. The van der Waals surface area contributed by atoms with Crippen LogP contribution in [0.5, 0.6) is 5.75 Å². The number of ether oxygens (including phenoxy) is 1. The lowest BCUT2D eigenvalue weighted by molar-refractivity contribution is -0.113. The summed E-state index contributed by atoms with van der Waals surface area (Å²) in [5.74, 6) is 6.68. The van der Waals surface area contributed by atoms with Crippen molar-refractivity contribution >= 4 is 23.4 Å². The Morgan fingerprint density at radius 2 is 1.72 bits per heavy atom. The Morgan fingerprint density at radius 3 is 2.44 bits per heavy atom. The molecule has 0 fully saturated rings. The normalized spacial score (nSPS) is 10.7. The molecule has 32 heavy (non-hydrogen) atoms. The van der Waals surface area contributed by atoms with Gasteiger partial charge in [0.25, 0.3) is 0 Å². The van der Waals surface area contributed by atoms with Crippen LogP contribution < -0.4 is 15.9 Å². The van der Waals surface area contributed by atoms with Gasteiger partial charge in [-0.1, -0.05) is 42.1 Å². The molecule has 0 bridgehead atoms. The van der Waals surface area contributed by atoms with E-state index in [-0.39, 0.29) is 17.5 Å². The van der Waals surface area contributed by atoms with E-state index in [2.05, 4.69) is 15.5 Å². The van der Waals surface area contributed by atoms with E-state index in [1.807, 2.05) is 30.3 Å². The lowest BCUT2D eigenvalue weighted by atomic mass is 10.2. The largest absolute Gasteiger partial charge is 0.489 e. The summed E-state index contributed by atoms with van der Waals surface area (Å²) < 4.78 is 20.1. The van der Waals surface area contributed by atoms with Crippen LogP contribution in [-0.4, -0.2) is 26.5 Å². The zero-order valence-electron chi connectivity index (χ0n) is 16.9. The van der Waals surface area contributed by atoms with E-state index in [1.165, 1.54) is 16.8 Å². The van der Waals surface area contributed by atoms with Crippen molar-refractivity contribution in [3.05, 3.63) is 90.2 Å². The molecule has 3 N–H and O–H groups in total. The summed E-state index contributed by atoms with van der Waals surface area (Å²) in [5.41, 5.74) is 2.37. The van der Waals surface area contributed by atoms with Gasteiger partial charge in [0.05, 0.1) is 5.75 Å². The number of nitrogens with zero attached hydrogens (tertiary/aromatic N) is 3. The summed E-state index contributed by atoms with van der Waals surface area (Å²) in [4.78, 5) is 12.3. The number of hydrogen-bond donors (Lipinski definition) is 2. The summed E-state index contributed by atoms with van der Waals surface area (Å²) in [6.07, 6.45) is 0. The summed E-state index contributed by atoms with van der Waals surface area (Å²) in [5, 5.41) is 11.2. The molecule has 0 spiro atoms. The summed E-state index contributed by atoms with van der Waals surface area (Å²) in [6.45, 7) is 0.475. The number of halogens is 1. The second kappa shape index (κ2) is 9.97. The first-order chi connectivity index (χ1) is 15.6. The number of anilines is 1. The summed E-state index contributed by atoms with van der Waals surface area (Å²) >= 11 is 1.16. The monoisotopic (exact) mass is 449 g/mol. The van der Waals surface area contributed by atoms with E-state index in [0.717, 1.165) is 17.3 Å². The van der Waals surface area contributed by atoms with E-state index in [9.17, 15) is 9.18 Å². The minimum Gasteiger partial charge on any atom is -0.489 e. The first-order valence-electron chi connectivity index (χ1n) is 9.74. The number of carbonyl (C=O) groups excluding carboxylic acids is 1. The Morgan fingerprint density at radius 1 is 1.00 bits per heavy atom. The minimum atomic E-state index is -0.348. The van der Waals surface area contributed by atoms with Gasteiger partial charge in [-0.05, 0) is 54.1 Å². The van der Waals surface area contributed by atoms with Crippen LogP contribution in [-0.2, 0) is 11.4 Å². The molecule has 7 nitrogen and oxygen atoms in total. The quantitative estimate of drug-likeness (QED) is 0.311. The van der Waals surface area contributed by atoms with Crippen molar-refractivity contribution in [1.82, 2.24) is 14.9 Å². The smallest absolute Gasteiger partial charge is 0.234 e. The van der Waals surface area contributed by atoms with Crippen molar-refractivity contribution in [2.45, 2.75) is 11.8 Å². The standard InChI is InChI=1S/C23H20FN5O2S/c24-18-8-6-17(7-9-18)22-27-28-23(29(22)25)32-15-21(30)26-19-10-12-20(13-11-19)31-14-16-4-2-1-3-5-16/h1-13H,14-15,25H2,(H,26,30). The Balaban J connectivity index is 1.28. The van der Waals surface area contributed by atoms with E-state index in [0.29, 0.717) is 34.6 Å². The SMILES string of the molecule is Nn1c(SCC(=O)Nc2ccc(OCc3ccccc3)cc2)nnc1-c1ccc(F)cc1. The number of hydrogen-bond acceptors (Lipinski definition) is 6. The first-order valence-corrected chi connectivity index (χ1v) is 10.7. The maximum Gasteiger partial charge on any atom is 0.234 e. The van der Waals surface area contributed by atoms with E-state index in [1.54, 1.807) is 36.4 Å². The molecule has 0 atom stereocenters. The van der Waals surface area contributed by atoms with E-state index < -0.39 is 0 Å². The molecule has 0 aliphatic carbocycles. The molecule has 0 radical (unpaired) electrons. The Hall–Kier alpha value is -3.85. The number of nitrogens with one attached hydrogen (secondary N) is 1. The third-order valence-corrected chi connectivity index (χ3v) is 5.43. The third-order valence-electron chi connectivity index (χ3n) is 4.49. The second-order valence-electron chi connectivity index (χ2n) is 6.82. The average Bonchev–Trinajstić information content (AvgIpc) is 3.18. The number of benzene rings is 3. The maximum absolute atomic E-state index is 13.1. The van der Waals surface area contributed by atoms with Gasteiger partial charge in [-0.2, -0.15) is 0 Å². The summed E-state index contributed by atoms with van der Waals surface area (Å²) in [7, 11) is 0. The highest BCUT2D eigenvalue weighted by atomic mass is 32.2. The highest BCUT2D eigenvalue weighted by Gasteiger charge is 2.14. The highest BCUT2D eigenvalue weighted by Crippen LogP contribution is 2.22. The Kier molecular flexibility index (Phi) is 6.66. The van der Waals surface area contributed by atoms with Crippen LogP contribution in [0.1, 0.15) is 5.56 Å². The first kappa shape index (κ1) is 21.4. The van der Waals surface area contributed by atoms with Gasteiger partial charge >= 0.3 is 0 Å². The number of amides is 1. The van der Waals surface area contributed by atoms with Crippen molar-refractivity contribution in [2.75, 3.05) is 16.9 Å². The molecule has 1 amide bonds. The fraction of sp³-hybridized carbons (Fsp3) is 0.0870. The molecule has 1 heterocycles. The van der Waals surface area contributed by atoms with Crippen molar-refractivity contribution < 1.29 is 13.9 Å². The minimum absolute atomic E-state index is 0.102. The van der Waals surface area contributed by atoms with Crippen molar-refractivity contribution in [3.63, 3.8) is 0 Å². The number of rotatable bonds is 8. The van der Waals surface area contributed by atoms with E-state index >= 15 is 0 Å². The maximum atomic E-state index is 13.1. The lowest BCUT2D eigenvalue weighted by Crippen LogP contribution is -2.16. The summed E-state index contributed by atoms with van der Waals surface area (Å²) in [6, 6.07) is 22.8. The molecule has 0 saturated carbocycles. The van der Waals surface area contributed by atoms with E-state index in [4.69, 9.17) is 10.6 Å². The molecule has 9 heteroatoms. The topological polar surface area (TPSA) is 95.1 Å². The Bertz CT molecular complexity index is 1180. The van der Waals surface area contributed by atoms with Gasteiger partial charge in [0.2, 0.25) is 11.1 Å². The van der Waals surface area contributed by atoms with Crippen LogP contribution in [0.4, 0.5) is 10.1 Å². The average molecular weight is 450 g/mol. The molecule has 0 saturated heterocycles. The fourth-order valence-electron chi connectivity index (χ4n) is 2.87. The molecule has 1 aromatic heterocycles. The van der Waals surface area contributed by atoms with Gasteiger partial charge < -0.3 is 15.9 Å². The zero-order chi connectivity index (χ0) is 22.3. The Labute approximate surface area is 188 Å². The number of aromatic nitrogens is 3. The molecule has 0 unspecified atom stereocenters. The van der Waals surface area contributed by atoms with Crippen molar-refractivity contribution in [2.24, 2.45) is 0 Å². The molecule has 4 rings (SSSR count). The molecule has 3 aromatic carbocycles. The van der Waals surface area contributed by atoms with Crippen molar-refractivity contribution in [1.29, 1.82) is 0 Å². The van der Waals surface area contributed by atoms with Crippen LogP contribution >= 0.6 is 11.8 Å². The lowest BCUT2D eigenvalue weighted by Gasteiger charge is -2.08. The van der Waals surface area contributed by atoms with Gasteiger partial charge in [0.15, 0.2) is 5.82 Å². The van der Waals surface area contributed by atoms with Crippen LogP contribution in [0, 0.1) is 5.82 Å². The highest BCUT2D eigenvalue weighted by molar-refractivity contribution is 7.99. The molecule has 0 aliphatic heterocycles. The second-order valence-corrected chi connectivity index (χ2v) is 7.76. The molecule has 4 aromatic rings. The predicted molar refractivity (Wildman–Crippen MR) is 122 cm³/mol. The van der Waals surface area contributed by atoms with Gasteiger partial charge in [-0.3, -0.25) is 4.79 Å². The van der Waals surface area contributed by atoms with Gasteiger partial charge in [-0.15, -0.1) is 10.2 Å². The fourth-order valence-corrected chi connectivity index (χ4v) is 3.53. The van der Waals surface area contributed by atoms with Crippen molar-refractivity contribution in [3.8, 4) is 17.1 Å². The predicted octanol–water partition coefficient (Wildman–Crippen LogP) is 4.11. The van der Waals surface area contributed by atoms with Crippen LogP contribution in [0.15, 0.2) is 84.0 Å². The third kappa shape index (κ3) is 5.44. The molecule has 0 aliphatic rings. The number of nitrogens with two attached hydrogens (primary N) is 1. The van der Waals surface area contributed by atoms with Gasteiger partial charge in [0, 0.05) is 11.3 Å².